The Morgan fingerprint density at radius 3 is 1.88 bits per heavy atom. The number of azo groups is 1. The highest BCUT2D eigenvalue weighted by atomic mass is 16.2. The van der Waals surface area contributed by atoms with Crippen LogP contribution in [0.1, 0.15) is 46.5 Å². The molecule has 1 unspecified atom stereocenters. The molecular weight excluding hydrogens is 220 g/mol. The van der Waals surface area contributed by atoms with Gasteiger partial charge in [0.05, 0.1) is 0 Å². The van der Waals surface area contributed by atoms with Gasteiger partial charge in [-0.3, -0.25) is 0 Å². The highest BCUT2D eigenvalue weighted by Crippen LogP contribution is 2.37. The minimum absolute atomic E-state index is 0.650. The second kappa shape index (κ2) is 6.98. The average Bonchev–Trinajstić information content (AvgIpc) is 2.13. The second-order valence-corrected chi connectivity index (χ2v) is 5.24. The third kappa shape index (κ3) is 9.47. The fraction of sp³-hybridized carbons (Fsp3) is 0.818. The van der Waals surface area contributed by atoms with Crippen molar-refractivity contribution in [3.05, 3.63) is 0 Å². The maximum atomic E-state index is 9.66. The van der Waals surface area contributed by atoms with Gasteiger partial charge in [0.2, 0.25) is 0 Å². The van der Waals surface area contributed by atoms with Gasteiger partial charge in [0.25, 0.3) is 0 Å². The Labute approximate surface area is 102 Å². The topological polar surface area (TPSA) is 111 Å². The third-order valence-electron chi connectivity index (χ3n) is 2.70. The van der Waals surface area contributed by atoms with E-state index in [4.69, 9.17) is 0 Å². The van der Waals surface area contributed by atoms with E-state index >= 15 is 0 Å². The van der Waals surface area contributed by atoms with E-state index in [1.165, 1.54) is 25.7 Å². The molecule has 6 nitrogen and oxygen atoms in total. The van der Waals surface area contributed by atoms with Gasteiger partial charge in [0.1, 0.15) is 0 Å². The van der Waals surface area contributed by atoms with Gasteiger partial charge < -0.3 is 11.5 Å². The van der Waals surface area contributed by atoms with Gasteiger partial charge in [-0.25, -0.2) is 9.59 Å². The van der Waals surface area contributed by atoms with Gasteiger partial charge in [-0.1, -0.05) is 43.8 Å². The van der Waals surface area contributed by atoms with Crippen LogP contribution in [0.5, 0.6) is 0 Å². The number of hydrogen-bond acceptors (Lipinski definition) is 2. The zero-order valence-corrected chi connectivity index (χ0v) is 10.8. The van der Waals surface area contributed by atoms with Crippen molar-refractivity contribution >= 4 is 12.1 Å². The van der Waals surface area contributed by atoms with E-state index in [0.717, 1.165) is 5.92 Å². The zero-order chi connectivity index (χ0) is 13.5. The first-order chi connectivity index (χ1) is 7.73. The van der Waals surface area contributed by atoms with E-state index in [9.17, 15) is 9.59 Å². The fourth-order valence-electron chi connectivity index (χ4n) is 2.18. The summed E-state index contributed by atoms with van der Waals surface area (Å²) in [5.74, 6) is 0.980. The molecule has 17 heavy (non-hydrogen) atoms. The lowest BCUT2D eigenvalue weighted by Crippen LogP contribution is -2.20. The van der Waals surface area contributed by atoms with Crippen LogP contribution >= 0.6 is 0 Å². The van der Waals surface area contributed by atoms with Gasteiger partial charge in [-0.05, 0) is 24.2 Å². The van der Waals surface area contributed by atoms with Crippen molar-refractivity contribution in [2.24, 2.45) is 33.0 Å². The summed E-state index contributed by atoms with van der Waals surface area (Å²) in [6.45, 7) is 7.16. The number of amides is 4. The van der Waals surface area contributed by atoms with Gasteiger partial charge in [0.15, 0.2) is 0 Å². The molecule has 0 aliphatic heterocycles. The Bertz CT molecular complexity index is 284. The van der Waals surface area contributed by atoms with E-state index in [2.05, 4.69) is 42.5 Å². The first-order valence-electron chi connectivity index (χ1n) is 5.73. The third-order valence-corrected chi connectivity index (χ3v) is 2.70. The lowest BCUT2D eigenvalue weighted by molar-refractivity contribution is 0.191. The molecule has 4 N–H and O–H groups in total. The summed E-state index contributed by atoms with van der Waals surface area (Å²) < 4.78 is 0. The Morgan fingerprint density at radius 1 is 1.18 bits per heavy atom. The van der Waals surface area contributed by atoms with E-state index in [0.29, 0.717) is 5.41 Å². The fourth-order valence-corrected chi connectivity index (χ4v) is 2.18. The smallest absolute Gasteiger partial charge is 0.348 e. The molecule has 1 saturated carbocycles. The Balaban J connectivity index is 0.000000304. The summed E-state index contributed by atoms with van der Waals surface area (Å²) in [6.07, 6.45) is 5.79. The van der Waals surface area contributed by atoms with E-state index in [1.54, 1.807) is 0 Å². The van der Waals surface area contributed by atoms with Crippen molar-refractivity contribution in [1.82, 2.24) is 0 Å². The molecule has 4 amide bonds. The Kier molecular flexibility index (Phi) is 6.38. The molecule has 0 aromatic rings. The molecule has 0 spiro atoms. The highest BCUT2D eigenvalue weighted by molar-refractivity contribution is 5.77. The molecule has 1 atom stereocenters. The number of rotatable bonds is 0. The summed E-state index contributed by atoms with van der Waals surface area (Å²) in [7, 11) is 0. The van der Waals surface area contributed by atoms with Gasteiger partial charge >= 0.3 is 12.1 Å². The molecule has 1 fully saturated rings. The van der Waals surface area contributed by atoms with E-state index in [1.807, 2.05) is 0 Å². The number of carbonyl (C=O) groups excluding carboxylic acids is 2. The molecule has 1 rings (SSSR count). The van der Waals surface area contributed by atoms with Gasteiger partial charge in [0, 0.05) is 0 Å². The molecule has 98 valence electrons. The molecule has 0 aromatic heterocycles. The number of hydrogen-bond donors (Lipinski definition) is 2. The number of nitrogens with zero attached hydrogens (tertiary/aromatic N) is 2. The summed E-state index contributed by atoms with van der Waals surface area (Å²) in [4.78, 5) is 19.3. The number of nitrogens with two attached hydrogens (primary N) is 2. The van der Waals surface area contributed by atoms with Crippen molar-refractivity contribution in [1.29, 1.82) is 0 Å². The summed E-state index contributed by atoms with van der Waals surface area (Å²) >= 11 is 0. The van der Waals surface area contributed by atoms with Crippen molar-refractivity contribution in [2.75, 3.05) is 0 Å². The first-order valence-corrected chi connectivity index (χ1v) is 5.73. The SMILES string of the molecule is CC1CCCC(C)(C)C1.NC(=O)N=NC(N)=O. The molecule has 0 bridgehead atoms. The minimum atomic E-state index is -1.04. The van der Waals surface area contributed by atoms with Crippen molar-refractivity contribution in [3.8, 4) is 0 Å². The molecule has 0 saturated heterocycles. The highest BCUT2D eigenvalue weighted by Gasteiger charge is 2.24. The Hall–Kier alpha value is -1.46. The van der Waals surface area contributed by atoms with Gasteiger partial charge in [-0.2, -0.15) is 0 Å². The zero-order valence-electron chi connectivity index (χ0n) is 10.8. The summed E-state index contributed by atoms with van der Waals surface area (Å²) in [5, 5.41) is 5.23. The Morgan fingerprint density at radius 2 is 1.65 bits per heavy atom. The summed E-state index contributed by atoms with van der Waals surface area (Å²) in [5.41, 5.74) is 9.52. The molecule has 0 aromatic carbocycles. The van der Waals surface area contributed by atoms with Crippen LogP contribution in [0, 0.1) is 11.3 Å². The molecule has 0 heterocycles. The predicted octanol–water partition coefficient (Wildman–Crippen LogP) is 2.82. The average molecular weight is 242 g/mol. The van der Waals surface area contributed by atoms with Crippen LogP contribution in [0.2, 0.25) is 0 Å². The monoisotopic (exact) mass is 242 g/mol. The lowest BCUT2D eigenvalue weighted by Gasteiger charge is -2.33. The number of urea groups is 2. The maximum Gasteiger partial charge on any atom is 0.357 e. The van der Waals surface area contributed by atoms with Crippen molar-refractivity contribution in [3.63, 3.8) is 0 Å². The van der Waals surface area contributed by atoms with Crippen LogP contribution < -0.4 is 11.5 Å². The van der Waals surface area contributed by atoms with E-state index in [-0.39, 0.29) is 0 Å². The van der Waals surface area contributed by atoms with Crippen molar-refractivity contribution < 1.29 is 9.59 Å². The molecule has 1 aliphatic rings. The van der Waals surface area contributed by atoms with Crippen LogP contribution in [0.4, 0.5) is 9.59 Å². The summed E-state index contributed by atoms with van der Waals surface area (Å²) in [6, 6.07) is -2.08. The van der Waals surface area contributed by atoms with Crippen LogP contribution in [0.25, 0.3) is 0 Å². The molecule has 6 heteroatoms. The van der Waals surface area contributed by atoms with Crippen molar-refractivity contribution in [2.45, 2.75) is 46.5 Å². The normalized spacial score (nSPS) is 22.6. The standard InChI is InChI=1S/C9H18.C2H4N4O2/c1-8-5-4-6-9(2,3)7-8;3-1(7)5-6-2(4)8/h8H,4-7H2,1-3H3;(H2,3,7)(H2,4,8). The van der Waals surface area contributed by atoms with Gasteiger partial charge in [-0.15, -0.1) is 0 Å². The number of primary amides is 2. The van der Waals surface area contributed by atoms with E-state index < -0.39 is 12.1 Å². The largest absolute Gasteiger partial charge is 0.357 e. The minimum Gasteiger partial charge on any atom is -0.348 e. The second-order valence-electron chi connectivity index (χ2n) is 5.24. The number of carbonyl (C=O) groups is 2. The molecular formula is C11H22N4O2. The first kappa shape index (κ1) is 15.5. The molecule has 0 radical (unpaired) electrons. The van der Waals surface area contributed by atoms with Crippen LogP contribution in [0.15, 0.2) is 10.2 Å². The maximum absolute atomic E-state index is 9.66. The quantitative estimate of drug-likeness (QED) is 0.636. The lowest BCUT2D eigenvalue weighted by atomic mass is 9.73. The van der Waals surface area contributed by atoms with Crippen LogP contribution in [0.3, 0.4) is 0 Å². The van der Waals surface area contributed by atoms with Crippen LogP contribution in [-0.2, 0) is 0 Å². The molecule has 1 aliphatic carbocycles. The predicted molar refractivity (Wildman–Crippen MR) is 65.4 cm³/mol. The van der Waals surface area contributed by atoms with Crippen LogP contribution in [-0.4, -0.2) is 12.1 Å².